The van der Waals surface area contributed by atoms with Crippen LogP contribution >= 0.6 is 11.6 Å². The third-order valence-corrected chi connectivity index (χ3v) is 4.88. The summed E-state index contributed by atoms with van der Waals surface area (Å²) in [6.45, 7) is 6.05. The number of fused-ring (bicyclic) bond motifs is 1. The van der Waals surface area contributed by atoms with Crippen LogP contribution in [0.3, 0.4) is 0 Å². The quantitative estimate of drug-likeness (QED) is 0.853. The zero-order valence-corrected chi connectivity index (χ0v) is 14.3. The van der Waals surface area contributed by atoms with Gasteiger partial charge in [0.15, 0.2) is 0 Å². The van der Waals surface area contributed by atoms with E-state index in [0.29, 0.717) is 33.5 Å². The SMILES string of the molecule is CC(C)CC1CCN(C(=O)c2cc3cc(F)cc(Cl)c3[nH]2)CC1. The molecule has 23 heavy (non-hydrogen) atoms. The molecule has 1 aliphatic rings. The molecule has 1 aromatic carbocycles. The van der Waals surface area contributed by atoms with Crippen LogP contribution in [0.5, 0.6) is 0 Å². The van der Waals surface area contributed by atoms with Gasteiger partial charge < -0.3 is 9.88 Å². The molecule has 2 heterocycles. The zero-order chi connectivity index (χ0) is 16.6. The molecule has 0 bridgehead atoms. The summed E-state index contributed by atoms with van der Waals surface area (Å²) in [5.74, 6) is 0.994. The van der Waals surface area contributed by atoms with Gasteiger partial charge in [-0.1, -0.05) is 25.4 Å². The number of aromatic nitrogens is 1. The summed E-state index contributed by atoms with van der Waals surface area (Å²) in [5.41, 5.74) is 1.10. The Labute approximate surface area is 140 Å². The molecule has 1 N–H and O–H groups in total. The average molecular weight is 337 g/mol. The summed E-state index contributed by atoms with van der Waals surface area (Å²) in [7, 11) is 0. The number of nitrogens with one attached hydrogen (secondary N) is 1. The van der Waals surface area contributed by atoms with Gasteiger partial charge in [-0.2, -0.15) is 0 Å². The maximum Gasteiger partial charge on any atom is 0.270 e. The number of amides is 1. The van der Waals surface area contributed by atoms with Gasteiger partial charge in [0.1, 0.15) is 11.5 Å². The third-order valence-electron chi connectivity index (χ3n) is 4.58. The highest BCUT2D eigenvalue weighted by molar-refractivity contribution is 6.35. The Bertz CT molecular complexity index is 717. The molecule has 0 aliphatic carbocycles. The van der Waals surface area contributed by atoms with Gasteiger partial charge in [-0.25, -0.2) is 4.39 Å². The maximum absolute atomic E-state index is 13.4. The van der Waals surface area contributed by atoms with Crippen molar-refractivity contribution < 1.29 is 9.18 Å². The summed E-state index contributed by atoms with van der Waals surface area (Å²) in [6.07, 6.45) is 3.34. The Balaban J connectivity index is 1.73. The van der Waals surface area contributed by atoms with Crippen molar-refractivity contribution in [2.45, 2.75) is 33.1 Å². The number of benzene rings is 1. The Morgan fingerprint density at radius 1 is 1.35 bits per heavy atom. The molecule has 2 aromatic rings. The van der Waals surface area contributed by atoms with Crippen LogP contribution in [0.4, 0.5) is 4.39 Å². The first-order valence-corrected chi connectivity index (χ1v) is 8.59. The zero-order valence-electron chi connectivity index (χ0n) is 13.5. The van der Waals surface area contributed by atoms with Crippen LogP contribution in [0.1, 0.15) is 43.6 Å². The molecule has 124 valence electrons. The van der Waals surface area contributed by atoms with Gasteiger partial charge in [-0.3, -0.25) is 4.79 Å². The second-order valence-corrected chi connectivity index (χ2v) is 7.31. The largest absolute Gasteiger partial charge is 0.349 e. The molecule has 1 fully saturated rings. The van der Waals surface area contributed by atoms with Crippen molar-refractivity contribution in [2.75, 3.05) is 13.1 Å². The van der Waals surface area contributed by atoms with Crippen molar-refractivity contribution >= 4 is 28.4 Å². The standard InChI is InChI=1S/C18H22ClFN2O/c1-11(2)7-12-3-5-22(6-4-12)18(23)16-9-13-8-14(20)10-15(19)17(13)21-16/h8-12,21H,3-7H2,1-2H3. The van der Waals surface area contributed by atoms with Crippen molar-refractivity contribution in [3.05, 3.63) is 34.7 Å². The van der Waals surface area contributed by atoms with E-state index in [-0.39, 0.29) is 5.91 Å². The number of hydrogen-bond acceptors (Lipinski definition) is 1. The Kier molecular flexibility index (Phi) is 4.62. The monoisotopic (exact) mass is 336 g/mol. The number of nitrogens with zero attached hydrogens (tertiary/aromatic N) is 1. The summed E-state index contributed by atoms with van der Waals surface area (Å²) < 4.78 is 13.4. The Morgan fingerprint density at radius 2 is 2.04 bits per heavy atom. The van der Waals surface area contributed by atoms with E-state index in [9.17, 15) is 9.18 Å². The number of piperidine rings is 1. The molecule has 3 rings (SSSR count). The van der Waals surface area contributed by atoms with Crippen molar-refractivity contribution in [3.63, 3.8) is 0 Å². The minimum absolute atomic E-state index is 0.0272. The van der Waals surface area contributed by atoms with Gasteiger partial charge in [-0.05, 0) is 49.3 Å². The first kappa shape index (κ1) is 16.3. The molecule has 1 saturated heterocycles. The average Bonchev–Trinajstić information content (AvgIpc) is 2.91. The lowest BCUT2D eigenvalue weighted by molar-refractivity contribution is 0.0676. The normalized spacial score (nSPS) is 16.5. The molecule has 1 aliphatic heterocycles. The van der Waals surface area contributed by atoms with E-state index < -0.39 is 5.82 Å². The smallest absolute Gasteiger partial charge is 0.270 e. The van der Waals surface area contributed by atoms with Crippen LogP contribution < -0.4 is 0 Å². The molecule has 0 saturated carbocycles. The fraction of sp³-hybridized carbons (Fsp3) is 0.500. The molecular formula is C18H22ClFN2O. The summed E-state index contributed by atoms with van der Waals surface area (Å²) >= 11 is 6.04. The van der Waals surface area contributed by atoms with Crippen molar-refractivity contribution in [2.24, 2.45) is 11.8 Å². The summed E-state index contributed by atoms with van der Waals surface area (Å²) in [4.78, 5) is 17.6. The van der Waals surface area contributed by atoms with E-state index in [1.54, 1.807) is 6.07 Å². The number of hydrogen-bond donors (Lipinski definition) is 1. The molecule has 0 spiro atoms. The van der Waals surface area contributed by atoms with E-state index in [4.69, 9.17) is 11.6 Å². The topological polar surface area (TPSA) is 36.1 Å². The van der Waals surface area contributed by atoms with Crippen LogP contribution in [0, 0.1) is 17.7 Å². The summed E-state index contributed by atoms with van der Waals surface area (Å²) in [6, 6.07) is 4.34. The van der Waals surface area contributed by atoms with E-state index in [1.165, 1.54) is 18.6 Å². The van der Waals surface area contributed by atoms with Gasteiger partial charge >= 0.3 is 0 Å². The highest BCUT2D eigenvalue weighted by atomic mass is 35.5. The maximum atomic E-state index is 13.4. The van der Waals surface area contributed by atoms with Crippen LogP contribution in [0.2, 0.25) is 5.02 Å². The predicted octanol–water partition coefficient (Wildman–Crippen LogP) is 4.86. The molecule has 0 atom stereocenters. The van der Waals surface area contributed by atoms with Gasteiger partial charge in [0, 0.05) is 18.5 Å². The van der Waals surface area contributed by atoms with Gasteiger partial charge in [0.25, 0.3) is 5.91 Å². The van der Waals surface area contributed by atoms with Crippen molar-refractivity contribution in [1.29, 1.82) is 0 Å². The van der Waals surface area contributed by atoms with E-state index >= 15 is 0 Å². The number of halogens is 2. The number of H-pyrrole nitrogens is 1. The van der Waals surface area contributed by atoms with Crippen molar-refractivity contribution in [1.82, 2.24) is 9.88 Å². The number of aromatic amines is 1. The van der Waals surface area contributed by atoms with Gasteiger partial charge in [0.2, 0.25) is 0 Å². The molecule has 0 radical (unpaired) electrons. The van der Waals surface area contributed by atoms with Crippen LogP contribution in [0.25, 0.3) is 10.9 Å². The Morgan fingerprint density at radius 3 is 2.70 bits per heavy atom. The molecule has 0 unspecified atom stereocenters. The van der Waals surface area contributed by atoms with E-state index in [0.717, 1.165) is 25.9 Å². The number of rotatable bonds is 3. The van der Waals surface area contributed by atoms with Gasteiger partial charge in [0.05, 0.1) is 10.5 Å². The Hall–Kier alpha value is -1.55. The molecule has 1 aromatic heterocycles. The van der Waals surface area contributed by atoms with E-state index in [2.05, 4.69) is 18.8 Å². The molecule has 1 amide bonds. The minimum atomic E-state index is -0.394. The van der Waals surface area contributed by atoms with Crippen LogP contribution in [-0.4, -0.2) is 28.9 Å². The highest BCUT2D eigenvalue weighted by Gasteiger charge is 2.25. The number of likely N-dealkylation sites (tertiary alicyclic amines) is 1. The number of carbonyl (C=O) groups excluding carboxylic acids is 1. The first-order valence-electron chi connectivity index (χ1n) is 8.21. The van der Waals surface area contributed by atoms with Crippen molar-refractivity contribution in [3.8, 4) is 0 Å². The summed E-state index contributed by atoms with van der Waals surface area (Å²) in [5, 5.41) is 0.933. The fourth-order valence-electron chi connectivity index (χ4n) is 3.49. The van der Waals surface area contributed by atoms with Crippen LogP contribution in [0.15, 0.2) is 18.2 Å². The molecule has 5 heteroatoms. The number of carbonyl (C=O) groups is 1. The van der Waals surface area contributed by atoms with Crippen LogP contribution in [-0.2, 0) is 0 Å². The van der Waals surface area contributed by atoms with E-state index in [1.807, 2.05) is 4.90 Å². The van der Waals surface area contributed by atoms with Gasteiger partial charge in [-0.15, -0.1) is 0 Å². The lowest BCUT2D eigenvalue weighted by atomic mass is 9.88. The fourth-order valence-corrected chi connectivity index (χ4v) is 3.75. The third kappa shape index (κ3) is 3.52. The highest BCUT2D eigenvalue weighted by Crippen LogP contribution is 2.28. The molecule has 3 nitrogen and oxygen atoms in total. The predicted molar refractivity (Wildman–Crippen MR) is 91.3 cm³/mol. The molecular weight excluding hydrogens is 315 g/mol. The lowest BCUT2D eigenvalue weighted by Gasteiger charge is -2.32. The second-order valence-electron chi connectivity index (χ2n) is 6.90. The second kappa shape index (κ2) is 6.52. The first-order chi connectivity index (χ1) is 10.9. The minimum Gasteiger partial charge on any atom is -0.349 e. The lowest BCUT2D eigenvalue weighted by Crippen LogP contribution is -2.38.